The molecule has 2 N–H and O–H groups in total. The Morgan fingerprint density at radius 1 is 1.00 bits per heavy atom. The van der Waals surface area contributed by atoms with E-state index in [2.05, 4.69) is 62.7 Å². The first kappa shape index (κ1) is 33.9. The van der Waals surface area contributed by atoms with E-state index in [1.807, 2.05) is 65.0 Å². The van der Waals surface area contributed by atoms with E-state index in [1.165, 1.54) is 4.90 Å². The second-order valence-electron chi connectivity index (χ2n) is 13.8. The molecule has 0 aliphatic heterocycles. The number of hydrogen-bond acceptors (Lipinski definition) is 4. The molecule has 3 aromatic rings. The van der Waals surface area contributed by atoms with Crippen LogP contribution in [0.2, 0.25) is 16.6 Å². The van der Waals surface area contributed by atoms with Crippen LogP contribution in [-0.4, -0.2) is 57.0 Å². The molecule has 232 valence electrons. The molecule has 43 heavy (non-hydrogen) atoms. The fraction of sp³-hybridized carbons (Fsp3) is 0.529. The van der Waals surface area contributed by atoms with Crippen LogP contribution in [0.25, 0.3) is 16.9 Å². The second-order valence-corrected chi connectivity index (χ2v) is 19.4. The summed E-state index contributed by atoms with van der Waals surface area (Å²) in [5.74, 6) is 3.33. The molecular weight excluding hydrogens is 554 g/mol. The van der Waals surface area contributed by atoms with Gasteiger partial charge in [-0.1, -0.05) is 74.3 Å². The van der Waals surface area contributed by atoms with Crippen molar-refractivity contribution in [2.45, 2.75) is 106 Å². The number of aromatic nitrogens is 3. The molecule has 0 radical (unpaired) electrons. The first-order valence-corrected chi connectivity index (χ1v) is 17.4. The fourth-order valence-corrected chi connectivity index (χ4v) is 11.5. The van der Waals surface area contributed by atoms with Gasteiger partial charge in [-0.15, -0.1) is 5.54 Å². The van der Waals surface area contributed by atoms with Crippen molar-refractivity contribution in [2.75, 3.05) is 11.9 Å². The highest BCUT2D eigenvalue weighted by atomic mass is 28.3. The molecule has 3 aromatic heterocycles. The van der Waals surface area contributed by atoms with E-state index in [0.29, 0.717) is 28.1 Å². The van der Waals surface area contributed by atoms with Gasteiger partial charge in [0.1, 0.15) is 31.3 Å². The Hall–Kier alpha value is -3.64. The molecule has 0 bridgehead atoms. The van der Waals surface area contributed by atoms with Crippen LogP contribution in [0, 0.1) is 30.7 Å². The summed E-state index contributed by atoms with van der Waals surface area (Å²) in [6.07, 6.45) is -1.14. The molecule has 2 amide bonds. The number of fused-ring (bicyclic) bond motifs is 1. The van der Waals surface area contributed by atoms with E-state index < -0.39 is 26.1 Å². The maximum atomic E-state index is 13.5. The van der Waals surface area contributed by atoms with E-state index in [1.54, 1.807) is 6.92 Å². The molecule has 0 fully saturated rings. The van der Waals surface area contributed by atoms with Crippen molar-refractivity contribution < 1.29 is 14.7 Å². The molecule has 0 spiro atoms. The average molecular weight is 604 g/mol. The SMILES string of the molecule is Cc1nc2cccc(-c3cc(C#C[Si](C(C)C)(C(C)C)C(C)C)nc(NC(=O)C(C)N(CC(C)(C)C)C(=O)O)c3)n2c1C. The summed E-state index contributed by atoms with van der Waals surface area (Å²) in [6.45, 7) is 25.3. The summed E-state index contributed by atoms with van der Waals surface area (Å²) < 4.78 is 2.10. The molecule has 0 saturated carbocycles. The van der Waals surface area contributed by atoms with Gasteiger partial charge in [-0.2, -0.15) is 0 Å². The Morgan fingerprint density at radius 3 is 2.14 bits per heavy atom. The molecule has 1 unspecified atom stereocenters. The van der Waals surface area contributed by atoms with E-state index in [9.17, 15) is 14.7 Å². The van der Waals surface area contributed by atoms with Crippen LogP contribution in [0.5, 0.6) is 0 Å². The first-order chi connectivity index (χ1) is 19.9. The van der Waals surface area contributed by atoms with Gasteiger partial charge in [0.05, 0.1) is 11.4 Å². The molecular formula is C34H49N5O3Si. The molecule has 9 heteroatoms. The van der Waals surface area contributed by atoms with E-state index in [-0.39, 0.29) is 12.0 Å². The van der Waals surface area contributed by atoms with Crippen molar-refractivity contribution in [1.29, 1.82) is 0 Å². The third-order valence-electron chi connectivity index (χ3n) is 8.49. The number of imidazole rings is 1. The molecule has 0 saturated heterocycles. The largest absolute Gasteiger partial charge is 0.465 e. The zero-order valence-electron chi connectivity index (χ0n) is 28.0. The predicted octanol–water partition coefficient (Wildman–Crippen LogP) is 7.94. The lowest BCUT2D eigenvalue weighted by molar-refractivity contribution is -0.120. The molecule has 1 atom stereocenters. The maximum Gasteiger partial charge on any atom is 0.407 e. The highest BCUT2D eigenvalue weighted by Gasteiger charge is 2.41. The van der Waals surface area contributed by atoms with Crippen LogP contribution in [0.3, 0.4) is 0 Å². The van der Waals surface area contributed by atoms with Crippen molar-refractivity contribution in [3.8, 4) is 22.7 Å². The number of pyridine rings is 2. The zero-order chi connectivity index (χ0) is 32.4. The topological polar surface area (TPSA) is 99.8 Å². The van der Waals surface area contributed by atoms with Crippen molar-refractivity contribution >= 4 is 31.5 Å². The third-order valence-corrected chi connectivity index (χ3v) is 14.8. The first-order valence-electron chi connectivity index (χ1n) is 15.2. The number of rotatable bonds is 8. The number of nitrogens with one attached hydrogen (secondary N) is 1. The van der Waals surface area contributed by atoms with Gasteiger partial charge in [0, 0.05) is 17.8 Å². The summed E-state index contributed by atoms with van der Waals surface area (Å²) in [5, 5.41) is 12.8. The van der Waals surface area contributed by atoms with Gasteiger partial charge in [-0.3, -0.25) is 14.1 Å². The minimum Gasteiger partial charge on any atom is -0.465 e. The number of carbonyl (C=O) groups is 2. The van der Waals surface area contributed by atoms with Crippen LogP contribution >= 0.6 is 0 Å². The summed E-state index contributed by atoms with van der Waals surface area (Å²) in [5.41, 5.74) is 9.92. The number of anilines is 1. The van der Waals surface area contributed by atoms with Crippen LogP contribution in [0.4, 0.5) is 10.6 Å². The number of carboxylic acid groups (broad SMARTS) is 1. The molecule has 0 aliphatic carbocycles. The molecule has 0 aliphatic rings. The Kier molecular flexibility index (Phi) is 10.2. The molecule has 0 aromatic carbocycles. The molecule has 3 rings (SSSR count). The standard InChI is InChI=1S/C34H49N5O3Si/c1-21(2)43(22(3)4,23(5)6)17-16-28-18-27(29-14-13-15-31-35-24(7)25(8)39(29)31)19-30(36-28)37-32(40)26(9)38(33(41)42)20-34(10,11)12/h13-15,18-19,21-23,26H,20H2,1-12H3,(H,41,42)(H,36,37,40). The normalized spacial score (nSPS) is 12.9. The van der Waals surface area contributed by atoms with Gasteiger partial charge in [-0.05, 0) is 67.1 Å². The minimum absolute atomic E-state index is 0.217. The summed E-state index contributed by atoms with van der Waals surface area (Å²) in [6, 6.07) is 8.84. The Balaban J connectivity index is 2.19. The number of aryl methyl sites for hydroxylation is 2. The van der Waals surface area contributed by atoms with Gasteiger partial charge in [0.15, 0.2) is 0 Å². The van der Waals surface area contributed by atoms with Crippen molar-refractivity contribution in [1.82, 2.24) is 19.3 Å². The van der Waals surface area contributed by atoms with Gasteiger partial charge >= 0.3 is 6.09 Å². The van der Waals surface area contributed by atoms with Crippen LogP contribution < -0.4 is 5.32 Å². The van der Waals surface area contributed by atoms with Crippen molar-refractivity contribution in [3.63, 3.8) is 0 Å². The van der Waals surface area contributed by atoms with E-state index >= 15 is 0 Å². The highest BCUT2D eigenvalue weighted by Crippen LogP contribution is 2.41. The third kappa shape index (κ3) is 7.30. The second kappa shape index (κ2) is 12.9. The van der Waals surface area contributed by atoms with E-state index in [4.69, 9.17) is 9.97 Å². The van der Waals surface area contributed by atoms with Crippen LogP contribution in [0.1, 0.15) is 86.3 Å². The highest BCUT2D eigenvalue weighted by molar-refractivity contribution is 6.90. The maximum absolute atomic E-state index is 13.5. The van der Waals surface area contributed by atoms with Gasteiger partial charge in [0.25, 0.3) is 0 Å². The number of carbonyl (C=O) groups excluding carboxylic acids is 1. The molecule has 8 nitrogen and oxygen atoms in total. The van der Waals surface area contributed by atoms with Gasteiger partial charge in [-0.25, -0.2) is 14.8 Å². The lowest BCUT2D eigenvalue weighted by Gasteiger charge is -2.38. The van der Waals surface area contributed by atoms with Crippen molar-refractivity contribution in [3.05, 3.63) is 47.4 Å². The van der Waals surface area contributed by atoms with Gasteiger partial charge < -0.3 is 10.4 Å². The monoisotopic (exact) mass is 603 g/mol. The Bertz CT molecular complexity index is 1530. The predicted molar refractivity (Wildman–Crippen MR) is 178 cm³/mol. The van der Waals surface area contributed by atoms with Crippen LogP contribution in [-0.2, 0) is 4.79 Å². The van der Waals surface area contributed by atoms with Crippen LogP contribution in [0.15, 0.2) is 30.3 Å². The average Bonchev–Trinajstić information content (AvgIpc) is 3.19. The summed E-state index contributed by atoms with van der Waals surface area (Å²) >= 11 is 0. The lowest BCUT2D eigenvalue weighted by atomic mass is 9.95. The quantitative estimate of drug-likeness (QED) is 0.201. The summed E-state index contributed by atoms with van der Waals surface area (Å²) in [7, 11) is -2.05. The smallest absolute Gasteiger partial charge is 0.407 e. The van der Waals surface area contributed by atoms with Gasteiger partial charge in [0.2, 0.25) is 5.91 Å². The zero-order valence-corrected chi connectivity index (χ0v) is 29.0. The fourth-order valence-electron chi connectivity index (χ4n) is 6.24. The van der Waals surface area contributed by atoms with Crippen molar-refractivity contribution in [2.24, 2.45) is 5.41 Å². The Morgan fingerprint density at radius 2 is 1.60 bits per heavy atom. The minimum atomic E-state index is -2.05. The molecule has 3 heterocycles. The van der Waals surface area contributed by atoms with E-state index in [0.717, 1.165) is 28.3 Å². The summed E-state index contributed by atoms with van der Waals surface area (Å²) in [4.78, 5) is 36.2. The lowest BCUT2D eigenvalue weighted by Crippen LogP contribution is -2.48. The number of hydrogen-bond donors (Lipinski definition) is 2. The number of nitrogens with zero attached hydrogens (tertiary/aromatic N) is 4. The Labute approximate surface area is 258 Å². The number of amides is 2.